The average molecular weight is 267 g/mol. The number of halogens is 1. The molecule has 0 heterocycles. The maximum absolute atomic E-state index is 11.6. The van der Waals surface area contributed by atoms with Crippen LogP contribution in [0.3, 0.4) is 0 Å². The number of ketones is 1. The van der Waals surface area contributed by atoms with Crippen LogP contribution in [0.4, 0.5) is 0 Å². The summed E-state index contributed by atoms with van der Waals surface area (Å²) in [5, 5.41) is 0.982. The minimum Gasteiger partial charge on any atom is -0.289 e. The van der Waals surface area contributed by atoms with E-state index in [1.165, 1.54) is 5.56 Å². The highest BCUT2D eigenvalue weighted by Gasteiger charge is 1.99. The van der Waals surface area contributed by atoms with Crippen LogP contribution in [0.15, 0.2) is 36.4 Å². The third-order valence-corrected chi connectivity index (χ3v) is 2.67. The minimum absolute atomic E-state index is 0.0876. The number of allylic oxidation sites excluding steroid dienone is 2. The molecule has 0 aliphatic carbocycles. The Bertz CT molecular complexity index is 338. The van der Waals surface area contributed by atoms with Gasteiger partial charge in [-0.2, -0.15) is 0 Å². The van der Waals surface area contributed by atoms with E-state index in [4.69, 9.17) is 0 Å². The predicted octanol–water partition coefficient (Wildman–Crippen LogP) is 3.91. The summed E-state index contributed by atoms with van der Waals surface area (Å²) in [5.41, 5.74) is 1.94. The van der Waals surface area contributed by atoms with Gasteiger partial charge in [-0.3, -0.25) is 4.79 Å². The normalized spacial score (nSPS) is 10.8. The van der Waals surface area contributed by atoms with Crippen LogP contribution < -0.4 is 0 Å². The van der Waals surface area contributed by atoms with Crippen LogP contribution in [0.25, 0.3) is 0 Å². The molecule has 15 heavy (non-hydrogen) atoms. The van der Waals surface area contributed by atoms with Gasteiger partial charge in [-0.15, -0.1) is 0 Å². The van der Waals surface area contributed by atoms with E-state index in [0.717, 1.165) is 23.7 Å². The Kier molecular flexibility index (Phi) is 5.33. The van der Waals surface area contributed by atoms with Gasteiger partial charge < -0.3 is 0 Å². The van der Waals surface area contributed by atoms with Gasteiger partial charge >= 0.3 is 0 Å². The van der Waals surface area contributed by atoms with Crippen molar-refractivity contribution in [2.24, 2.45) is 0 Å². The fourth-order valence-electron chi connectivity index (χ4n) is 1.20. The lowest BCUT2D eigenvalue weighted by atomic mass is 10.1. The highest BCUT2D eigenvalue weighted by atomic mass is 79.9. The second kappa shape index (κ2) is 6.57. The molecule has 1 aromatic carbocycles. The molecule has 0 aliphatic rings. The summed E-state index contributed by atoms with van der Waals surface area (Å²) >= 11 is 3.35. The first kappa shape index (κ1) is 12.2. The molecule has 1 nitrogen and oxygen atoms in total. The van der Waals surface area contributed by atoms with Gasteiger partial charge in [-0.05, 0) is 25.8 Å². The fourth-order valence-corrected chi connectivity index (χ4v) is 1.52. The van der Waals surface area contributed by atoms with Crippen LogP contribution in [0.1, 0.15) is 28.8 Å². The van der Waals surface area contributed by atoms with Gasteiger partial charge in [-0.1, -0.05) is 51.8 Å². The van der Waals surface area contributed by atoms with Crippen LogP contribution >= 0.6 is 15.9 Å². The molecule has 0 atom stereocenters. The van der Waals surface area contributed by atoms with Crippen LogP contribution in [0.2, 0.25) is 0 Å². The standard InChI is InChI=1S/C13H15BrO/c1-11-6-8-12(9-7-11)13(15)5-3-2-4-10-14/h3,5-9H,2,4,10H2,1H3/b5-3+. The monoisotopic (exact) mass is 266 g/mol. The van der Waals surface area contributed by atoms with Crippen LogP contribution in [-0.2, 0) is 0 Å². The van der Waals surface area contributed by atoms with Crippen LogP contribution in [0, 0.1) is 6.92 Å². The number of carbonyl (C=O) groups excluding carboxylic acids is 1. The van der Waals surface area contributed by atoms with Gasteiger partial charge in [0.1, 0.15) is 0 Å². The number of hydrogen-bond acceptors (Lipinski definition) is 1. The molecule has 0 unspecified atom stereocenters. The molecule has 0 radical (unpaired) electrons. The molecule has 0 fully saturated rings. The average Bonchev–Trinajstić information content (AvgIpc) is 2.25. The van der Waals surface area contributed by atoms with E-state index in [9.17, 15) is 4.79 Å². The first-order valence-electron chi connectivity index (χ1n) is 5.07. The molecule has 0 N–H and O–H groups in total. The first-order valence-corrected chi connectivity index (χ1v) is 6.19. The quantitative estimate of drug-likeness (QED) is 0.342. The number of aryl methyl sites for hydroxylation is 1. The van der Waals surface area contributed by atoms with E-state index >= 15 is 0 Å². The number of benzene rings is 1. The molecule has 1 rings (SSSR count). The first-order chi connectivity index (χ1) is 7.24. The lowest BCUT2D eigenvalue weighted by Gasteiger charge is -1.96. The molecular weight excluding hydrogens is 252 g/mol. The Balaban J connectivity index is 2.53. The van der Waals surface area contributed by atoms with Crippen molar-refractivity contribution in [2.45, 2.75) is 19.8 Å². The van der Waals surface area contributed by atoms with Gasteiger partial charge in [-0.25, -0.2) is 0 Å². The van der Waals surface area contributed by atoms with Crippen molar-refractivity contribution in [3.63, 3.8) is 0 Å². The van der Waals surface area contributed by atoms with E-state index in [2.05, 4.69) is 15.9 Å². The molecular formula is C13H15BrO. The van der Waals surface area contributed by atoms with E-state index in [-0.39, 0.29) is 5.78 Å². The number of carbonyl (C=O) groups is 1. The summed E-state index contributed by atoms with van der Waals surface area (Å²) < 4.78 is 0. The van der Waals surface area contributed by atoms with Gasteiger partial charge in [0.2, 0.25) is 0 Å². The van der Waals surface area contributed by atoms with Crippen molar-refractivity contribution in [1.29, 1.82) is 0 Å². The van der Waals surface area contributed by atoms with E-state index in [1.54, 1.807) is 6.08 Å². The SMILES string of the molecule is Cc1ccc(C(=O)/C=C/CCCBr)cc1. The summed E-state index contributed by atoms with van der Waals surface area (Å²) in [6, 6.07) is 7.65. The Morgan fingerprint density at radius 2 is 2.00 bits per heavy atom. The maximum Gasteiger partial charge on any atom is 0.185 e. The van der Waals surface area contributed by atoms with Gasteiger partial charge in [0, 0.05) is 10.9 Å². The molecule has 0 aliphatic heterocycles. The lowest BCUT2D eigenvalue weighted by Crippen LogP contribution is -1.93. The van der Waals surface area contributed by atoms with Crippen molar-refractivity contribution in [1.82, 2.24) is 0 Å². The summed E-state index contributed by atoms with van der Waals surface area (Å²) in [6.45, 7) is 2.01. The van der Waals surface area contributed by atoms with Gasteiger partial charge in [0.25, 0.3) is 0 Å². The molecule has 0 amide bonds. The number of unbranched alkanes of at least 4 members (excludes halogenated alkanes) is 1. The zero-order valence-corrected chi connectivity index (χ0v) is 10.5. The maximum atomic E-state index is 11.6. The summed E-state index contributed by atoms with van der Waals surface area (Å²) in [5.74, 6) is 0.0876. The second-order valence-corrected chi connectivity index (χ2v) is 4.26. The molecule has 2 heteroatoms. The molecule has 0 spiro atoms. The van der Waals surface area contributed by atoms with Crippen molar-refractivity contribution < 1.29 is 4.79 Å². The van der Waals surface area contributed by atoms with Gasteiger partial charge in [0.15, 0.2) is 5.78 Å². The van der Waals surface area contributed by atoms with Crippen LogP contribution in [0.5, 0.6) is 0 Å². The molecule has 0 saturated heterocycles. The third kappa shape index (κ3) is 4.43. The number of hydrogen-bond donors (Lipinski definition) is 0. The Labute approximate surface area is 99.3 Å². The molecule has 0 saturated carbocycles. The highest BCUT2D eigenvalue weighted by Crippen LogP contribution is 2.05. The van der Waals surface area contributed by atoms with Crippen LogP contribution in [-0.4, -0.2) is 11.1 Å². The molecule has 1 aromatic rings. The van der Waals surface area contributed by atoms with E-state index in [1.807, 2.05) is 37.3 Å². The van der Waals surface area contributed by atoms with Crippen molar-refractivity contribution in [2.75, 3.05) is 5.33 Å². The summed E-state index contributed by atoms with van der Waals surface area (Å²) in [7, 11) is 0. The minimum atomic E-state index is 0.0876. The van der Waals surface area contributed by atoms with Crippen molar-refractivity contribution in [3.8, 4) is 0 Å². The fraction of sp³-hybridized carbons (Fsp3) is 0.308. The Hall–Kier alpha value is -0.890. The topological polar surface area (TPSA) is 17.1 Å². The summed E-state index contributed by atoms with van der Waals surface area (Å²) in [6.07, 6.45) is 5.61. The molecule has 80 valence electrons. The van der Waals surface area contributed by atoms with Gasteiger partial charge in [0.05, 0.1) is 0 Å². The van der Waals surface area contributed by atoms with Crippen molar-refractivity contribution in [3.05, 3.63) is 47.5 Å². The Morgan fingerprint density at radius 1 is 1.33 bits per heavy atom. The van der Waals surface area contributed by atoms with E-state index < -0.39 is 0 Å². The smallest absolute Gasteiger partial charge is 0.185 e. The highest BCUT2D eigenvalue weighted by molar-refractivity contribution is 9.09. The third-order valence-electron chi connectivity index (χ3n) is 2.11. The molecule has 0 aromatic heterocycles. The second-order valence-electron chi connectivity index (χ2n) is 3.46. The summed E-state index contributed by atoms with van der Waals surface area (Å²) in [4.78, 5) is 11.6. The number of rotatable bonds is 5. The van der Waals surface area contributed by atoms with E-state index in [0.29, 0.717) is 0 Å². The van der Waals surface area contributed by atoms with Crippen molar-refractivity contribution >= 4 is 21.7 Å². The lowest BCUT2D eigenvalue weighted by molar-refractivity contribution is 0.104. The molecule has 0 bridgehead atoms. The number of alkyl halides is 1. The predicted molar refractivity (Wildman–Crippen MR) is 67.7 cm³/mol. The Morgan fingerprint density at radius 3 is 2.60 bits per heavy atom. The zero-order valence-electron chi connectivity index (χ0n) is 8.87. The zero-order chi connectivity index (χ0) is 11.1. The largest absolute Gasteiger partial charge is 0.289 e.